The third-order valence-corrected chi connectivity index (χ3v) is 5.11. The molecule has 0 fully saturated rings. The second-order valence-corrected chi connectivity index (χ2v) is 7.04. The number of hydrogen-bond acceptors (Lipinski definition) is 4. The minimum atomic E-state index is -0.425. The standard InChI is InChI=1S/C23H20FNO3/c1-13-11-20(25)17-3-2-4-18(17)23(13)28-16-9-10-21(26)19(12-16)22(27)14-5-7-15(24)8-6-14/h5-12,26H,2-4,25H2,1H3. The summed E-state index contributed by atoms with van der Waals surface area (Å²) in [5.41, 5.74) is 10.5. The summed E-state index contributed by atoms with van der Waals surface area (Å²) in [5.74, 6) is 0.228. The first-order valence-electron chi connectivity index (χ1n) is 9.16. The first-order valence-corrected chi connectivity index (χ1v) is 9.16. The van der Waals surface area contributed by atoms with Crippen LogP contribution in [0.25, 0.3) is 0 Å². The average Bonchev–Trinajstić information content (AvgIpc) is 3.17. The molecule has 0 saturated carbocycles. The molecule has 3 aromatic rings. The lowest BCUT2D eigenvalue weighted by molar-refractivity contribution is 0.103. The van der Waals surface area contributed by atoms with Crippen molar-refractivity contribution in [3.05, 3.63) is 82.2 Å². The number of nitrogen functional groups attached to an aromatic ring is 1. The Labute approximate surface area is 162 Å². The Balaban J connectivity index is 1.70. The minimum Gasteiger partial charge on any atom is -0.507 e. The van der Waals surface area contributed by atoms with Gasteiger partial charge in [-0.05, 0) is 85.8 Å². The van der Waals surface area contributed by atoms with Gasteiger partial charge in [-0.15, -0.1) is 0 Å². The summed E-state index contributed by atoms with van der Waals surface area (Å²) in [7, 11) is 0. The molecule has 28 heavy (non-hydrogen) atoms. The number of aryl methyl sites for hydroxylation is 1. The summed E-state index contributed by atoms with van der Waals surface area (Å²) >= 11 is 0. The van der Waals surface area contributed by atoms with E-state index >= 15 is 0 Å². The zero-order valence-corrected chi connectivity index (χ0v) is 15.5. The van der Waals surface area contributed by atoms with Crippen molar-refractivity contribution in [2.75, 3.05) is 5.73 Å². The maximum absolute atomic E-state index is 13.1. The van der Waals surface area contributed by atoms with Crippen molar-refractivity contribution >= 4 is 11.5 Å². The van der Waals surface area contributed by atoms with Crippen molar-refractivity contribution in [2.45, 2.75) is 26.2 Å². The number of fused-ring (bicyclic) bond motifs is 1. The van der Waals surface area contributed by atoms with E-state index in [1.54, 1.807) is 6.07 Å². The highest BCUT2D eigenvalue weighted by Crippen LogP contribution is 2.40. The highest BCUT2D eigenvalue weighted by Gasteiger charge is 2.22. The molecule has 0 aliphatic heterocycles. The number of phenols is 1. The molecule has 4 rings (SSSR count). The van der Waals surface area contributed by atoms with Crippen LogP contribution in [-0.4, -0.2) is 10.9 Å². The molecule has 0 atom stereocenters. The summed E-state index contributed by atoms with van der Waals surface area (Å²) in [4.78, 5) is 12.7. The molecule has 0 aromatic heterocycles. The first-order chi connectivity index (χ1) is 13.4. The Kier molecular flexibility index (Phi) is 4.51. The number of halogens is 1. The smallest absolute Gasteiger partial charge is 0.196 e. The van der Waals surface area contributed by atoms with Gasteiger partial charge < -0.3 is 15.6 Å². The predicted molar refractivity (Wildman–Crippen MR) is 106 cm³/mol. The number of ketones is 1. The fourth-order valence-corrected chi connectivity index (χ4v) is 3.71. The van der Waals surface area contributed by atoms with E-state index in [0.717, 1.165) is 47.4 Å². The van der Waals surface area contributed by atoms with E-state index in [9.17, 15) is 14.3 Å². The average molecular weight is 377 g/mol. The zero-order chi connectivity index (χ0) is 19.8. The summed E-state index contributed by atoms with van der Waals surface area (Å²) < 4.78 is 19.3. The zero-order valence-electron chi connectivity index (χ0n) is 15.5. The van der Waals surface area contributed by atoms with Crippen molar-refractivity contribution in [1.82, 2.24) is 0 Å². The van der Waals surface area contributed by atoms with Crippen molar-refractivity contribution in [3.8, 4) is 17.2 Å². The topological polar surface area (TPSA) is 72.6 Å². The second kappa shape index (κ2) is 7.00. The molecule has 0 saturated heterocycles. The van der Waals surface area contributed by atoms with Gasteiger partial charge in [-0.2, -0.15) is 0 Å². The van der Waals surface area contributed by atoms with Gasteiger partial charge in [0.05, 0.1) is 5.56 Å². The van der Waals surface area contributed by atoms with Crippen LogP contribution in [0.4, 0.5) is 10.1 Å². The van der Waals surface area contributed by atoms with Crippen LogP contribution in [0.1, 0.15) is 39.0 Å². The Morgan fingerprint density at radius 3 is 2.54 bits per heavy atom. The van der Waals surface area contributed by atoms with Crippen LogP contribution in [-0.2, 0) is 12.8 Å². The van der Waals surface area contributed by atoms with E-state index in [0.29, 0.717) is 11.3 Å². The van der Waals surface area contributed by atoms with Gasteiger partial charge in [0.25, 0.3) is 0 Å². The number of phenolic OH excluding ortho intramolecular Hbond substituents is 1. The Hall–Kier alpha value is -3.34. The molecule has 5 heteroatoms. The first kappa shape index (κ1) is 18.0. The number of aromatic hydroxyl groups is 1. The van der Waals surface area contributed by atoms with Gasteiger partial charge in [0, 0.05) is 16.8 Å². The van der Waals surface area contributed by atoms with Gasteiger partial charge in [0.2, 0.25) is 0 Å². The van der Waals surface area contributed by atoms with Crippen LogP contribution in [0.15, 0.2) is 48.5 Å². The number of carbonyl (C=O) groups is 1. The van der Waals surface area contributed by atoms with Crippen LogP contribution in [0, 0.1) is 12.7 Å². The van der Waals surface area contributed by atoms with Crippen molar-refractivity contribution in [1.29, 1.82) is 0 Å². The number of carbonyl (C=O) groups excluding carboxylic acids is 1. The van der Waals surface area contributed by atoms with Gasteiger partial charge in [0.1, 0.15) is 23.1 Å². The van der Waals surface area contributed by atoms with Crippen molar-refractivity contribution in [3.63, 3.8) is 0 Å². The SMILES string of the molecule is Cc1cc(N)c2c(c1Oc1ccc(O)c(C(=O)c3ccc(F)cc3)c1)CCC2. The number of nitrogens with two attached hydrogens (primary N) is 1. The van der Waals surface area contributed by atoms with E-state index in [4.69, 9.17) is 10.5 Å². The highest BCUT2D eigenvalue weighted by molar-refractivity contribution is 6.10. The Bertz CT molecular complexity index is 1070. The van der Waals surface area contributed by atoms with Gasteiger partial charge in [-0.25, -0.2) is 4.39 Å². The van der Waals surface area contributed by atoms with Gasteiger partial charge >= 0.3 is 0 Å². The summed E-state index contributed by atoms with van der Waals surface area (Å²) in [6, 6.07) is 11.7. The number of hydrogen-bond donors (Lipinski definition) is 2. The minimum absolute atomic E-state index is 0.105. The van der Waals surface area contributed by atoms with Crippen molar-refractivity contribution < 1.29 is 19.0 Å². The summed E-state index contributed by atoms with van der Waals surface area (Å²) in [6.45, 7) is 1.94. The molecule has 0 amide bonds. The van der Waals surface area contributed by atoms with E-state index in [-0.39, 0.29) is 11.3 Å². The van der Waals surface area contributed by atoms with E-state index < -0.39 is 11.6 Å². The largest absolute Gasteiger partial charge is 0.507 e. The van der Waals surface area contributed by atoms with Gasteiger partial charge in [0.15, 0.2) is 5.78 Å². The Morgan fingerprint density at radius 2 is 1.79 bits per heavy atom. The van der Waals surface area contributed by atoms with Gasteiger partial charge in [-0.1, -0.05) is 0 Å². The van der Waals surface area contributed by atoms with Crippen LogP contribution in [0.2, 0.25) is 0 Å². The normalized spacial score (nSPS) is 12.6. The fraction of sp³-hybridized carbons (Fsp3) is 0.174. The third-order valence-electron chi connectivity index (χ3n) is 5.11. The molecular formula is C23H20FNO3. The molecule has 1 aliphatic rings. The maximum atomic E-state index is 13.1. The molecule has 3 N–H and O–H groups in total. The molecular weight excluding hydrogens is 357 g/mol. The van der Waals surface area contributed by atoms with E-state index in [1.807, 2.05) is 13.0 Å². The third kappa shape index (κ3) is 3.20. The number of rotatable bonds is 4. The van der Waals surface area contributed by atoms with Crippen LogP contribution >= 0.6 is 0 Å². The number of benzene rings is 3. The number of anilines is 1. The predicted octanol–water partition coefficient (Wildman–Crippen LogP) is 4.93. The van der Waals surface area contributed by atoms with Crippen LogP contribution in [0.5, 0.6) is 17.2 Å². The molecule has 0 bridgehead atoms. The molecule has 0 radical (unpaired) electrons. The van der Waals surface area contributed by atoms with Crippen molar-refractivity contribution in [2.24, 2.45) is 0 Å². The lowest BCUT2D eigenvalue weighted by Crippen LogP contribution is -2.03. The monoisotopic (exact) mass is 377 g/mol. The summed E-state index contributed by atoms with van der Waals surface area (Å²) in [6.07, 6.45) is 2.86. The molecule has 4 nitrogen and oxygen atoms in total. The molecule has 0 spiro atoms. The number of ether oxygens (including phenoxy) is 1. The van der Waals surface area contributed by atoms with Crippen LogP contribution < -0.4 is 10.5 Å². The molecule has 0 unspecified atom stereocenters. The fourth-order valence-electron chi connectivity index (χ4n) is 3.71. The molecule has 3 aromatic carbocycles. The molecule has 0 heterocycles. The van der Waals surface area contributed by atoms with Crippen LogP contribution in [0.3, 0.4) is 0 Å². The second-order valence-electron chi connectivity index (χ2n) is 7.04. The maximum Gasteiger partial charge on any atom is 0.196 e. The lowest BCUT2D eigenvalue weighted by Gasteiger charge is -2.16. The highest BCUT2D eigenvalue weighted by atomic mass is 19.1. The van der Waals surface area contributed by atoms with Gasteiger partial charge in [-0.3, -0.25) is 4.79 Å². The van der Waals surface area contributed by atoms with E-state index in [2.05, 4.69) is 0 Å². The lowest BCUT2D eigenvalue weighted by atomic mass is 10.0. The Morgan fingerprint density at radius 1 is 1.07 bits per heavy atom. The molecule has 142 valence electrons. The molecule has 1 aliphatic carbocycles. The van der Waals surface area contributed by atoms with E-state index in [1.165, 1.54) is 36.4 Å². The summed E-state index contributed by atoms with van der Waals surface area (Å²) in [5, 5.41) is 10.2. The quantitative estimate of drug-likeness (QED) is 0.499.